The second-order valence-corrected chi connectivity index (χ2v) is 12.7. The van der Waals surface area contributed by atoms with Crippen molar-refractivity contribution >= 4 is 34.2 Å². The number of allylic oxidation sites excluding steroid dienone is 1. The van der Waals surface area contributed by atoms with Gasteiger partial charge in [0.25, 0.3) is 5.56 Å². The van der Waals surface area contributed by atoms with E-state index in [0.717, 1.165) is 33.9 Å². The van der Waals surface area contributed by atoms with E-state index in [0.29, 0.717) is 45.3 Å². The summed E-state index contributed by atoms with van der Waals surface area (Å²) in [7, 11) is 0. The van der Waals surface area contributed by atoms with Crippen molar-refractivity contribution in [3.63, 3.8) is 0 Å². The van der Waals surface area contributed by atoms with Gasteiger partial charge in [-0.3, -0.25) is 9.36 Å². The zero-order chi connectivity index (χ0) is 32.2. The highest BCUT2D eigenvalue weighted by Crippen LogP contribution is 2.34. The van der Waals surface area contributed by atoms with Crippen LogP contribution in [0.3, 0.4) is 0 Å². The van der Waals surface area contributed by atoms with E-state index >= 15 is 0 Å². The van der Waals surface area contributed by atoms with Crippen molar-refractivity contribution in [1.29, 1.82) is 0 Å². The van der Waals surface area contributed by atoms with Gasteiger partial charge in [-0.2, -0.15) is 0 Å². The lowest BCUT2D eigenvalue weighted by atomic mass is 9.92. The molecule has 7 heteroatoms. The van der Waals surface area contributed by atoms with Gasteiger partial charge in [0.1, 0.15) is 12.4 Å². The van der Waals surface area contributed by atoms with Crippen LogP contribution < -0.4 is 19.6 Å². The van der Waals surface area contributed by atoms with Crippen LogP contribution in [-0.4, -0.2) is 17.1 Å². The van der Waals surface area contributed by atoms with Crippen LogP contribution in [0.25, 0.3) is 16.8 Å². The van der Waals surface area contributed by atoms with E-state index in [1.807, 2.05) is 78.9 Å². The molecule has 6 nitrogen and oxygen atoms in total. The van der Waals surface area contributed by atoms with Crippen molar-refractivity contribution in [2.24, 2.45) is 4.99 Å². The molecule has 0 unspecified atom stereocenters. The Balaban J connectivity index is 1.55. The van der Waals surface area contributed by atoms with Crippen LogP contribution >= 0.6 is 11.3 Å². The molecule has 0 saturated heterocycles. The van der Waals surface area contributed by atoms with Gasteiger partial charge in [0.05, 0.1) is 28.5 Å². The number of esters is 1. The lowest BCUT2D eigenvalue weighted by Gasteiger charge is -2.26. The van der Waals surface area contributed by atoms with Crippen molar-refractivity contribution < 1.29 is 14.3 Å². The Bertz CT molecular complexity index is 2090. The topological polar surface area (TPSA) is 69.9 Å². The fourth-order valence-electron chi connectivity index (χ4n) is 5.92. The van der Waals surface area contributed by atoms with E-state index in [1.54, 1.807) is 11.5 Å². The molecule has 0 spiro atoms. The van der Waals surface area contributed by atoms with E-state index in [-0.39, 0.29) is 12.2 Å². The van der Waals surface area contributed by atoms with E-state index in [2.05, 4.69) is 39.0 Å². The Hall–Kier alpha value is -4.75. The van der Waals surface area contributed by atoms with Gasteiger partial charge in [-0.05, 0) is 58.9 Å². The van der Waals surface area contributed by atoms with Gasteiger partial charge >= 0.3 is 5.97 Å². The Morgan fingerprint density at radius 3 is 2.41 bits per heavy atom. The first-order valence-corrected chi connectivity index (χ1v) is 16.7. The van der Waals surface area contributed by atoms with Gasteiger partial charge in [0.15, 0.2) is 4.80 Å². The molecule has 0 N–H and O–H groups in total. The van der Waals surface area contributed by atoms with E-state index in [4.69, 9.17) is 14.5 Å². The minimum Gasteiger partial charge on any atom is -0.488 e. The average molecular weight is 631 g/mol. The molecule has 2 heterocycles. The quantitative estimate of drug-likeness (QED) is 0.151. The Morgan fingerprint density at radius 2 is 1.70 bits per heavy atom. The molecule has 1 aromatic heterocycles. The van der Waals surface area contributed by atoms with Crippen LogP contribution in [0.4, 0.5) is 0 Å². The number of hydrogen-bond donors (Lipinski definition) is 0. The van der Waals surface area contributed by atoms with Crippen LogP contribution in [0.5, 0.6) is 5.75 Å². The molecule has 0 saturated carbocycles. The van der Waals surface area contributed by atoms with Gasteiger partial charge in [-0.25, -0.2) is 9.79 Å². The molecule has 5 aromatic rings. The Labute approximate surface area is 273 Å². The summed E-state index contributed by atoms with van der Waals surface area (Å²) in [4.78, 5) is 33.5. The molecule has 0 amide bonds. The third kappa shape index (κ3) is 6.20. The summed E-state index contributed by atoms with van der Waals surface area (Å²) in [6.45, 7) is 8.78. The molecule has 1 aliphatic heterocycles. The first-order valence-electron chi connectivity index (χ1n) is 15.9. The molecule has 1 aliphatic rings. The summed E-state index contributed by atoms with van der Waals surface area (Å²) in [5.74, 6) is 0.603. The molecule has 4 aromatic carbocycles. The lowest BCUT2D eigenvalue weighted by molar-refractivity contribution is -0.139. The number of hydrogen-bond acceptors (Lipinski definition) is 6. The van der Waals surface area contributed by atoms with E-state index < -0.39 is 12.0 Å². The minimum atomic E-state index is -0.651. The zero-order valence-corrected chi connectivity index (χ0v) is 27.5. The van der Waals surface area contributed by atoms with Crippen molar-refractivity contribution in [3.8, 4) is 5.75 Å². The maximum Gasteiger partial charge on any atom is 0.338 e. The molecule has 0 bridgehead atoms. The number of rotatable bonds is 10. The highest BCUT2D eigenvalue weighted by atomic mass is 32.1. The highest BCUT2D eigenvalue weighted by molar-refractivity contribution is 7.07. The van der Waals surface area contributed by atoms with Crippen molar-refractivity contribution in [3.05, 3.63) is 144 Å². The molecule has 0 radical (unpaired) electrons. The molecule has 1 atom stereocenters. The lowest BCUT2D eigenvalue weighted by Crippen LogP contribution is -2.40. The van der Waals surface area contributed by atoms with Crippen LogP contribution in [0.1, 0.15) is 74.8 Å². The third-order valence-corrected chi connectivity index (χ3v) is 9.24. The number of thiazole rings is 1. The second kappa shape index (κ2) is 13.7. The van der Waals surface area contributed by atoms with Crippen molar-refractivity contribution in [2.45, 2.75) is 59.1 Å². The third-order valence-electron chi connectivity index (χ3n) is 8.25. The van der Waals surface area contributed by atoms with Crippen molar-refractivity contribution in [2.75, 3.05) is 6.61 Å². The standard InChI is InChI=1S/C39H38N2O4S/c1-5-12-32-35(38(43)44-6-2)36(29-19-17-27(18-20-29)25(3)4)41-37(42)34(46-39(41)40-32)23-31-30-16-11-10-15-28(30)21-22-33(31)45-24-26-13-8-7-9-14-26/h7-11,13-23,25,36H,5-6,12,24H2,1-4H3/b34-23-/t36-/m0/s1. The largest absolute Gasteiger partial charge is 0.488 e. The number of benzene rings is 4. The van der Waals surface area contributed by atoms with Crippen LogP contribution in [-0.2, 0) is 16.1 Å². The Kier molecular flexibility index (Phi) is 9.31. The molecule has 46 heavy (non-hydrogen) atoms. The van der Waals surface area contributed by atoms with Gasteiger partial charge in [-0.15, -0.1) is 0 Å². The van der Waals surface area contributed by atoms with Crippen LogP contribution in [0.2, 0.25) is 0 Å². The van der Waals surface area contributed by atoms with E-state index in [1.165, 1.54) is 16.9 Å². The Morgan fingerprint density at radius 1 is 0.957 bits per heavy atom. The van der Waals surface area contributed by atoms with E-state index in [9.17, 15) is 9.59 Å². The number of carbonyl (C=O) groups excluding carboxylic acids is 1. The average Bonchev–Trinajstić information content (AvgIpc) is 3.38. The predicted molar refractivity (Wildman–Crippen MR) is 185 cm³/mol. The summed E-state index contributed by atoms with van der Waals surface area (Å²) in [5, 5.41) is 2.03. The number of carbonyl (C=O) groups is 1. The predicted octanol–water partition coefficient (Wildman–Crippen LogP) is 7.43. The maximum absolute atomic E-state index is 14.5. The fourth-order valence-corrected chi connectivity index (χ4v) is 6.92. The van der Waals surface area contributed by atoms with Crippen LogP contribution in [0, 0.1) is 0 Å². The number of nitrogens with zero attached hydrogens (tertiary/aromatic N) is 2. The monoisotopic (exact) mass is 630 g/mol. The first kappa shape index (κ1) is 31.2. The van der Waals surface area contributed by atoms with Crippen molar-refractivity contribution in [1.82, 2.24) is 4.57 Å². The second-order valence-electron chi connectivity index (χ2n) is 11.7. The SMILES string of the molecule is CCCC1=C(C(=O)OCC)[C@H](c2ccc(C(C)C)cc2)n2c(s/c(=C\c3c(OCc4ccccc4)ccc4ccccc34)c2=O)=N1. The van der Waals surface area contributed by atoms with Gasteiger partial charge in [0.2, 0.25) is 0 Å². The molecule has 0 aliphatic carbocycles. The highest BCUT2D eigenvalue weighted by Gasteiger charge is 2.34. The summed E-state index contributed by atoms with van der Waals surface area (Å²) in [6, 6.07) is 29.7. The molecular weight excluding hydrogens is 593 g/mol. The van der Waals surface area contributed by atoms with Gasteiger partial charge in [0, 0.05) is 5.56 Å². The number of aromatic nitrogens is 1. The summed E-state index contributed by atoms with van der Waals surface area (Å²) >= 11 is 1.34. The minimum absolute atomic E-state index is 0.207. The summed E-state index contributed by atoms with van der Waals surface area (Å²) in [6.07, 6.45) is 3.31. The molecular formula is C39H38N2O4S. The zero-order valence-electron chi connectivity index (χ0n) is 26.7. The van der Waals surface area contributed by atoms with Gasteiger partial charge < -0.3 is 9.47 Å². The first-order chi connectivity index (χ1) is 22.4. The summed E-state index contributed by atoms with van der Waals surface area (Å²) < 4.78 is 14.1. The van der Waals surface area contributed by atoms with Gasteiger partial charge in [-0.1, -0.05) is 123 Å². The fraction of sp³-hybridized carbons (Fsp3) is 0.256. The summed E-state index contributed by atoms with van der Waals surface area (Å²) in [5.41, 5.74) is 4.81. The van der Waals surface area contributed by atoms with Crippen LogP contribution in [0.15, 0.2) is 112 Å². The molecule has 6 rings (SSSR count). The smallest absolute Gasteiger partial charge is 0.338 e. The normalized spacial score (nSPS) is 14.8. The number of fused-ring (bicyclic) bond motifs is 2. The maximum atomic E-state index is 14.5. The molecule has 0 fully saturated rings. The molecule has 234 valence electrons. The number of ether oxygens (including phenoxy) is 2.